The first kappa shape index (κ1) is 13.3. The van der Waals surface area contributed by atoms with Crippen LogP contribution < -0.4 is 10.1 Å². The van der Waals surface area contributed by atoms with E-state index in [1.54, 1.807) is 7.11 Å². The number of nitrogens with one attached hydrogen (secondary N) is 1. The van der Waals surface area contributed by atoms with E-state index in [1.807, 2.05) is 36.4 Å². The van der Waals surface area contributed by atoms with Gasteiger partial charge in [-0.3, -0.25) is 0 Å². The lowest BCUT2D eigenvalue weighted by atomic mass is 10.0. The van der Waals surface area contributed by atoms with Crippen LogP contribution in [0.5, 0.6) is 5.75 Å². The molecule has 2 nitrogen and oxygen atoms in total. The molecule has 0 saturated carbocycles. The highest BCUT2D eigenvalue weighted by atomic mass is 16.5. The minimum atomic E-state index is 0.868. The summed E-state index contributed by atoms with van der Waals surface area (Å²) in [4.78, 5) is 0. The highest BCUT2D eigenvalue weighted by molar-refractivity contribution is 5.81. The molecule has 0 fully saturated rings. The second kappa shape index (κ2) is 6.14. The lowest BCUT2D eigenvalue weighted by Gasteiger charge is -2.12. The van der Waals surface area contributed by atoms with E-state index >= 15 is 0 Å². The molecule has 2 heteroatoms. The van der Waals surface area contributed by atoms with Crippen molar-refractivity contribution < 1.29 is 4.74 Å². The summed E-state index contributed by atoms with van der Waals surface area (Å²) in [6.07, 6.45) is 0. The van der Waals surface area contributed by atoms with E-state index in [4.69, 9.17) is 4.74 Å². The third kappa shape index (κ3) is 3.06. The molecule has 0 unspecified atom stereocenters. The summed E-state index contributed by atoms with van der Waals surface area (Å²) in [6, 6.07) is 26.6. The van der Waals surface area contributed by atoms with Crippen molar-refractivity contribution in [3.8, 4) is 16.9 Å². The second-order valence-corrected chi connectivity index (χ2v) is 4.77. The number of hydrogen-bond donors (Lipinski definition) is 1. The van der Waals surface area contributed by atoms with E-state index in [9.17, 15) is 0 Å². The van der Waals surface area contributed by atoms with Gasteiger partial charge in [0, 0.05) is 16.9 Å². The number of hydrogen-bond acceptors (Lipinski definition) is 2. The smallest absolute Gasteiger partial charge is 0.118 e. The highest BCUT2D eigenvalue weighted by Crippen LogP contribution is 2.31. The average Bonchev–Trinajstić information content (AvgIpc) is 2.56. The van der Waals surface area contributed by atoms with Gasteiger partial charge in [-0.15, -0.1) is 0 Å². The zero-order valence-electron chi connectivity index (χ0n) is 11.9. The summed E-state index contributed by atoms with van der Waals surface area (Å²) < 4.78 is 5.22. The molecule has 0 atom stereocenters. The van der Waals surface area contributed by atoms with Crippen LogP contribution >= 0.6 is 0 Å². The van der Waals surface area contributed by atoms with Crippen molar-refractivity contribution in [3.05, 3.63) is 78.9 Å². The Morgan fingerprint density at radius 3 is 2.10 bits per heavy atom. The van der Waals surface area contributed by atoms with Crippen LogP contribution in [0.2, 0.25) is 0 Å². The molecule has 0 aromatic heterocycles. The van der Waals surface area contributed by atoms with Gasteiger partial charge in [0.05, 0.1) is 7.11 Å². The summed E-state index contributed by atoms with van der Waals surface area (Å²) in [5.41, 5.74) is 4.51. The van der Waals surface area contributed by atoms with Gasteiger partial charge in [-0.2, -0.15) is 0 Å². The molecule has 3 aromatic carbocycles. The van der Waals surface area contributed by atoms with Crippen molar-refractivity contribution in [1.82, 2.24) is 0 Å². The van der Waals surface area contributed by atoms with Gasteiger partial charge in [-0.05, 0) is 35.9 Å². The monoisotopic (exact) mass is 275 g/mol. The lowest BCUT2D eigenvalue weighted by molar-refractivity contribution is 0.415. The fourth-order valence-corrected chi connectivity index (χ4v) is 2.29. The molecule has 21 heavy (non-hydrogen) atoms. The highest BCUT2D eigenvalue weighted by Gasteiger charge is 2.05. The topological polar surface area (TPSA) is 21.3 Å². The van der Waals surface area contributed by atoms with Crippen LogP contribution in [0.4, 0.5) is 11.4 Å². The van der Waals surface area contributed by atoms with Gasteiger partial charge >= 0.3 is 0 Å². The molecule has 0 spiro atoms. The Morgan fingerprint density at radius 2 is 1.38 bits per heavy atom. The Balaban J connectivity index is 1.95. The number of rotatable bonds is 4. The van der Waals surface area contributed by atoms with Gasteiger partial charge in [0.1, 0.15) is 5.75 Å². The molecule has 0 amide bonds. The number of anilines is 2. The van der Waals surface area contributed by atoms with Gasteiger partial charge in [-0.1, -0.05) is 48.5 Å². The minimum absolute atomic E-state index is 0.868. The SMILES string of the molecule is COc1ccc(-c2ccccc2Nc2ccccc2)cc1. The van der Waals surface area contributed by atoms with Crippen LogP contribution in [-0.2, 0) is 0 Å². The third-order valence-electron chi connectivity index (χ3n) is 3.38. The van der Waals surface area contributed by atoms with Crippen molar-refractivity contribution in [2.75, 3.05) is 12.4 Å². The maximum absolute atomic E-state index is 5.22. The van der Waals surface area contributed by atoms with Crippen molar-refractivity contribution in [1.29, 1.82) is 0 Å². The van der Waals surface area contributed by atoms with E-state index in [2.05, 4.69) is 47.8 Å². The van der Waals surface area contributed by atoms with Crippen molar-refractivity contribution in [2.45, 2.75) is 0 Å². The standard InChI is InChI=1S/C19H17NO/c1-21-17-13-11-15(12-14-17)18-9-5-6-10-19(18)20-16-7-3-2-4-8-16/h2-14,20H,1H3. The first-order valence-electron chi connectivity index (χ1n) is 6.92. The van der Waals surface area contributed by atoms with Crippen molar-refractivity contribution >= 4 is 11.4 Å². The Labute approximate surface area is 125 Å². The zero-order valence-corrected chi connectivity index (χ0v) is 11.9. The van der Waals surface area contributed by atoms with Crippen LogP contribution in [0.1, 0.15) is 0 Å². The maximum atomic E-state index is 5.22. The van der Waals surface area contributed by atoms with Crippen LogP contribution in [0.15, 0.2) is 78.9 Å². The van der Waals surface area contributed by atoms with Crippen molar-refractivity contribution in [2.24, 2.45) is 0 Å². The Hall–Kier alpha value is -2.74. The normalized spacial score (nSPS) is 10.1. The molecule has 0 aliphatic heterocycles. The Bertz CT molecular complexity index is 705. The quantitative estimate of drug-likeness (QED) is 0.714. The molecule has 0 radical (unpaired) electrons. The summed E-state index contributed by atoms with van der Waals surface area (Å²) in [6.45, 7) is 0. The molecule has 0 aliphatic carbocycles. The molecule has 3 aromatic rings. The first-order chi connectivity index (χ1) is 10.4. The Kier molecular flexibility index (Phi) is 3.88. The average molecular weight is 275 g/mol. The predicted octanol–water partition coefficient (Wildman–Crippen LogP) is 5.11. The fraction of sp³-hybridized carbons (Fsp3) is 0.0526. The number of methoxy groups -OCH3 is 1. The summed E-state index contributed by atoms with van der Waals surface area (Å²) in [5, 5.41) is 3.47. The summed E-state index contributed by atoms with van der Waals surface area (Å²) >= 11 is 0. The van der Waals surface area contributed by atoms with Gasteiger partial charge < -0.3 is 10.1 Å². The van der Waals surface area contributed by atoms with Crippen LogP contribution in [0.25, 0.3) is 11.1 Å². The van der Waals surface area contributed by atoms with Crippen molar-refractivity contribution in [3.63, 3.8) is 0 Å². The van der Waals surface area contributed by atoms with Gasteiger partial charge in [0.2, 0.25) is 0 Å². The van der Waals surface area contributed by atoms with Gasteiger partial charge in [0.15, 0.2) is 0 Å². The maximum Gasteiger partial charge on any atom is 0.118 e. The van der Waals surface area contributed by atoms with Gasteiger partial charge in [0.25, 0.3) is 0 Å². The van der Waals surface area contributed by atoms with Crippen LogP contribution in [-0.4, -0.2) is 7.11 Å². The van der Waals surface area contributed by atoms with E-state index in [1.165, 1.54) is 5.56 Å². The molecular weight excluding hydrogens is 258 g/mol. The summed E-state index contributed by atoms with van der Waals surface area (Å²) in [7, 11) is 1.68. The van der Waals surface area contributed by atoms with Crippen LogP contribution in [0, 0.1) is 0 Å². The minimum Gasteiger partial charge on any atom is -0.497 e. The van der Waals surface area contributed by atoms with E-state index in [0.717, 1.165) is 22.7 Å². The van der Waals surface area contributed by atoms with E-state index < -0.39 is 0 Å². The van der Waals surface area contributed by atoms with E-state index in [-0.39, 0.29) is 0 Å². The molecule has 0 bridgehead atoms. The molecule has 1 N–H and O–H groups in total. The second-order valence-electron chi connectivity index (χ2n) is 4.77. The largest absolute Gasteiger partial charge is 0.497 e. The Morgan fingerprint density at radius 1 is 0.714 bits per heavy atom. The fourth-order valence-electron chi connectivity index (χ4n) is 2.29. The zero-order chi connectivity index (χ0) is 14.5. The molecule has 3 rings (SSSR count). The predicted molar refractivity (Wildman–Crippen MR) is 88.2 cm³/mol. The number of ether oxygens (including phenoxy) is 1. The molecule has 0 aliphatic rings. The first-order valence-corrected chi connectivity index (χ1v) is 6.92. The molecule has 0 saturated heterocycles. The molecule has 0 heterocycles. The van der Waals surface area contributed by atoms with Crippen LogP contribution in [0.3, 0.4) is 0 Å². The third-order valence-corrected chi connectivity index (χ3v) is 3.38. The van der Waals surface area contributed by atoms with E-state index in [0.29, 0.717) is 0 Å². The molecular formula is C19H17NO. The number of benzene rings is 3. The lowest BCUT2D eigenvalue weighted by Crippen LogP contribution is -1.93. The van der Waals surface area contributed by atoms with Gasteiger partial charge in [-0.25, -0.2) is 0 Å². The summed E-state index contributed by atoms with van der Waals surface area (Å²) in [5.74, 6) is 0.868. The number of para-hydroxylation sites is 2. The molecule has 104 valence electrons.